The van der Waals surface area contributed by atoms with E-state index in [2.05, 4.69) is 15.5 Å². The van der Waals surface area contributed by atoms with Gasteiger partial charge in [-0.15, -0.1) is 0 Å². The Labute approximate surface area is 184 Å². The second-order valence-electron chi connectivity index (χ2n) is 8.14. The molecule has 1 fully saturated rings. The molecule has 164 valence electrons. The van der Waals surface area contributed by atoms with Crippen molar-refractivity contribution in [2.24, 2.45) is 5.73 Å². The van der Waals surface area contributed by atoms with Crippen LogP contribution in [0.15, 0.2) is 54.6 Å². The number of carbonyl (C=O) groups excluding carboxylic acids is 2. The quantitative estimate of drug-likeness (QED) is 0.601. The number of benzene rings is 2. The smallest absolute Gasteiger partial charge is 0.244 e. The number of hydrogen-bond acceptors (Lipinski definition) is 4. The fourth-order valence-electron chi connectivity index (χ4n) is 3.86. The highest BCUT2D eigenvalue weighted by atomic mass is 16.2. The molecule has 0 bridgehead atoms. The van der Waals surface area contributed by atoms with E-state index in [4.69, 9.17) is 5.73 Å². The number of amides is 2. The molecule has 0 spiro atoms. The number of anilines is 1. The lowest BCUT2D eigenvalue weighted by atomic mass is 10.1. The molecule has 0 aromatic heterocycles. The van der Waals surface area contributed by atoms with Gasteiger partial charge in [0.2, 0.25) is 11.8 Å². The maximum atomic E-state index is 12.5. The number of aryl methyl sites for hydroxylation is 1. The summed E-state index contributed by atoms with van der Waals surface area (Å²) in [5, 5.41) is 6.05. The van der Waals surface area contributed by atoms with E-state index in [1.807, 2.05) is 61.5 Å². The van der Waals surface area contributed by atoms with Crippen LogP contribution >= 0.6 is 0 Å². The molecule has 3 rings (SSSR count). The normalized spacial score (nSPS) is 17.3. The molecular weight excluding hydrogens is 388 g/mol. The molecule has 0 radical (unpaired) electrons. The van der Waals surface area contributed by atoms with E-state index in [-0.39, 0.29) is 17.9 Å². The van der Waals surface area contributed by atoms with E-state index in [1.165, 1.54) is 0 Å². The van der Waals surface area contributed by atoms with Crippen LogP contribution in [0.3, 0.4) is 0 Å². The summed E-state index contributed by atoms with van der Waals surface area (Å²) in [4.78, 5) is 27.0. The molecule has 6 heteroatoms. The van der Waals surface area contributed by atoms with Gasteiger partial charge in [-0.2, -0.15) is 0 Å². The largest absolute Gasteiger partial charge is 0.349 e. The zero-order chi connectivity index (χ0) is 22.1. The van der Waals surface area contributed by atoms with Crippen LogP contribution in [0.1, 0.15) is 36.0 Å². The molecule has 31 heavy (non-hydrogen) atoms. The van der Waals surface area contributed by atoms with Crippen molar-refractivity contribution >= 4 is 23.6 Å². The van der Waals surface area contributed by atoms with Crippen molar-refractivity contribution in [2.75, 3.05) is 25.0 Å². The van der Waals surface area contributed by atoms with Crippen LogP contribution in [0.5, 0.6) is 0 Å². The van der Waals surface area contributed by atoms with Gasteiger partial charge in [-0.1, -0.05) is 48.4 Å². The molecule has 1 unspecified atom stereocenters. The Balaban J connectivity index is 1.51. The van der Waals surface area contributed by atoms with Crippen LogP contribution < -0.4 is 16.4 Å². The summed E-state index contributed by atoms with van der Waals surface area (Å²) in [7, 11) is 0. The predicted octanol–water partition coefficient (Wildman–Crippen LogP) is 3.08. The number of hydrogen-bond donors (Lipinski definition) is 3. The summed E-state index contributed by atoms with van der Waals surface area (Å²) in [6, 6.07) is 15.6. The van der Waals surface area contributed by atoms with Gasteiger partial charge in [0.25, 0.3) is 0 Å². The van der Waals surface area contributed by atoms with Gasteiger partial charge in [-0.25, -0.2) is 0 Å². The van der Waals surface area contributed by atoms with E-state index in [1.54, 1.807) is 6.08 Å². The highest BCUT2D eigenvalue weighted by molar-refractivity contribution is 5.92. The van der Waals surface area contributed by atoms with Crippen LogP contribution in [0, 0.1) is 6.92 Å². The zero-order valence-electron chi connectivity index (χ0n) is 18.1. The van der Waals surface area contributed by atoms with Crippen LogP contribution in [0.25, 0.3) is 6.08 Å². The SMILES string of the molecule is Cc1cccc(/C=C/C(=O)NC2CCCCN(CC(=O)Nc3cccc(CN)c3)C2)c1. The molecule has 2 amide bonds. The highest BCUT2D eigenvalue weighted by Gasteiger charge is 2.21. The van der Waals surface area contributed by atoms with Gasteiger partial charge < -0.3 is 16.4 Å². The first kappa shape index (κ1) is 22.7. The van der Waals surface area contributed by atoms with Crippen LogP contribution in [-0.4, -0.2) is 42.4 Å². The maximum Gasteiger partial charge on any atom is 0.244 e. The Morgan fingerprint density at radius 3 is 2.81 bits per heavy atom. The lowest BCUT2D eigenvalue weighted by Crippen LogP contribution is -2.44. The Kier molecular flexibility index (Phi) is 8.38. The molecule has 1 aliphatic rings. The topological polar surface area (TPSA) is 87.5 Å². The molecule has 1 heterocycles. The summed E-state index contributed by atoms with van der Waals surface area (Å²) in [5.74, 6) is -0.156. The summed E-state index contributed by atoms with van der Waals surface area (Å²) in [5.41, 5.74) is 9.58. The Morgan fingerprint density at radius 2 is 2.00 bits per heavy atom. The lowest BCUT2D eigenvalue weighted by Gasteiger charge is -2.24. The fourth-order valence-corrected chi connectivity index (χ4v) is 3.86. The van der Waals surface area contributed by atoms with E-state index in [9.17, 15) is 9.59 Å². The van der Waals surface area contributed by atoms with E-state index >= 15 is 0 Å². The van der Waals surface area contributed by atoms with Gasteiger partial charge >= 0.3 is 0 Å². The molecule has 0 aliphatic carbocycles. The number of nitrogens with zero attached hydrogens (tertiary/aromatic N) is 1. The van der Waals surface area contributed by atoms with Gasteiger partial charge in [0, 0.05) is 30.9 Å². The summed E-state index contributed by atoms with van der Waals surface area (Å²) in [6.07, 6.45) is 6.38. The third-order valence-corrected chi connectivity index (χ3v) is 5.38. The van der Waals surface area contributed by atoms with Crippen molar-refractivity contribution in [2.45, 2.75) is 38.8 Å². The molecule has 1 saturated heterocycles. The van der Waals surface area contributed by atoms with Crippen molar-refractivity contribution in [3.05, 3.63) is 71.3 Å². The van der Waals surface area contributed by atoms with Crippen molar-refractivity contribution in [3.63, 3.8) is 0 Å². The van der Waals surface area contributed by atoms with Crippen molar-refractivity contribution in [1.82, 2.24) is 10.2 Å². The van der Waals surface area contributed by atoms with Crippen LogP contribution in [0.2, 0.25) is 0 Å². The highest BCUT2D eigenvalue weighted by Crippen LogP contribution is 2.13. The van der Waals surface area contributed by atoms with E-state index in [0.29, 0.717) is 19.6 Å². The molecule has 2 aromatic carbocycles. The van der Waals surface area contributed by atoms with Crippen molar-refractivity contribution in [1.29, 1.82) is 0 Å². The number of carbonyl (C=O) groups is 2. The Bertz CT molecular complexity index is 925. The van der Waals surface area contributed by atoms with Crippen LogP contribution in [-0.2, 0) is 16.1 Å². The van der Waals surface area contributed by atoms with E-state index in [0.717, 1.165) is 48.2 Å². The first-order chi connectivity index (χ1) is 15.0. The van der Waals surface area contributed by atoms with Crippen LogP contribution in [0.4, 0.5) is 5.69 Å². The molecule has 4 N–H and O–H groups in total. The Hall–Kier alpha value is -2.96. The van der Waals surface area contributed by atoms with E-state index < -0.39 is 0 Å². The lowest BCUT2D eigenvalue weighted by molar-refractivity contribution is -0.117. The second kappa shape index (κ2) is 11.4. The van der Waals surface area contributed by atoms with Gasteiger partial charge in [-0.3, -0.25) is 14.5 Å². The third kappa shape index (κ3) is 7.66. The monoisotopic (exact) mass is 420 g/mol. The molecule has 1 aliphatic heterocycles. The molecular formula is C25H32N4O2. The molecule has 6 nitrogen and oxygen atoms in total. The Morgan fingerprint density at radius 1 is 1.16 bits per heavy atom. The number of rotatable bonds is 7. The maximum absolute atomic E-state index is 12.5. The summed E-state index contributed by atoms with van der Waals surface area (Å²) >= 11 is 0. The predicted molar refractivity (Wildman–Crippen MR) is 125 cm³/mol. The number of nitrogens with one attached hydrogen (secondary N) is 2. The minimum Gasteiger partial charge on any atom is -0.349 e. The summed E-state index contributed by atoms with van der Waals surface area (Å²) < 4.78 is 0. The fraction of sp³-hybridized carbons (Fsp3) is 0.360. The van der Waals surface area contributed by atoms with Crippen molar-refractivity contribution < 1.29 is 9.59 Å². The minimum absolute atomic E-state index is 0.0329. The molecule has 0 saturated carbocycles. The number of likely N-dealkylation sites (tertiary alicyclic amines) is 1. The minimum atomic E-state index is -0.101. The number of nitrogens with two attached hydrogens (primary N) is 1. The first-order valence-corrected chi connectivity index (χ1v) is 10.9. The van der Waals surface area contributed by atoms with Crippen molar-refractivity contribution in [3.8, 4) is 0 Å². The van der Waals surface area contributed by atoms with Gasteiger partial charge in [-0.05, 0) is 55.6 Å². The second-order valence-corrected chi connectivity index (χ2v) is 8.14. The molecule has 2 aromatic rings. The first-order valence-electron chi connectivity index (χ1n) is 10.9. The molecule has 1 atom stereocenters. The average Bonchev–Trinajstić information content (AvgIpc) is 2.97. The van der Waals surface area contributed by atoms with Gasteiger partial charge in [0.1, 0.15) is 0 Å². The summed E-state index contributed by atoms with van der Waals surface area (Å²) in [6.45, 7) is 4.29. The third-order valence-electron chi connectivity index (χ3n) is 5.38. The average molecular weight is 421 g/mol. The van der Waals surface area contributed by atoms with Gasteiger partial charge in [0.15, 0.2) is 0 Å². The van der Waals surface area contributed by atoms with Gasteiger partial charge in [0.05, 0.1) is 6.54 Å². The standard InChI is InChI=1S/C25H32N4O2/c1-19-6-4-7-20(14-19)11-12-24(30)28-23-9-2-3-13-29(17-23)18-25(31)27-22-10-5-8-21(15-22)16-26/h4-8,10-12,14-15,23H,2-3,9,13,16-18,26H2,1H3,(H,27,31)(H,28,30)/b12-11+. The zero-order valence-corrected chi connectivity index (χ0v) is 18.1.